The van der Waals surface area contributed by atoms with Crippen LogP contribution >= 0.6 is 11.8 Å². The molecule has 4 heteroatoms. The number of thioether (sulfide) groups is 1. The molecule has 1 aliphatic rings. The lowest BCUT2D eigenvalue weighted by molar-refractivity contribution is -0.135. The molecule has 1 saturated heterocycles. The molecule has 98 valence electrons. The van der Waals surface area contributed by atoms with E-state index in [1.54, 1.807) is 0 Å². The van der Waals surface area contributed by atoms with Crippen LogP contribution in [0.4, 0.5) is 0 Å². The Morgan fingerprint density at radius 3 is 2.72 bits per heavy atom. The van der Waals surface area contributed by atoms with Gasteiger partial charge in [-0.25, -0.2) is 5.48 Å². The Kier molecular flexibility index (Phi) is 5.55. The van der Waals surface area contributed by atoms with Gasteiger partial charge < -0.3 is 0 Å². The monoisotopic (exact) mass is 265 g/mol. The van der Waals surface area contributed by atoms with Crippen LogP contribution in [-0.2, 0) is 16.2 Å². The number of carbonyl (C=O) groups is 1. The minimum Gasteiger partial charge on any atom is -0.273 e. The summed E-state index contributed by atoms with van der Waals surface area (Å²) in [6.07, 6.45) is 2.89. The molecule has 1 N–H and O–H groups in total. The maximum absolute atomic E-state index is 11.7. The SMILES string of the molecule is O=C(CC1CCSCC1)NOCc1ccccc1. The van der Waals surface area contributed by atoms with Gasteiger partial charge in [-0.1, -0.05) is 30.3 Å². The molecule has 1 aromatic carbocycles. The Balaban J connectivity index is 1.62. The first-order chi connectivity index (χ1) is 8.84. The largest absolute Gasteiger partial charge is 0.273 e. The molecule has 3 nitrogen and oxygen atoms in total. The first-order valence-corrected chi connectivity index (χ1v) is 7.52. The van der Waals surface area contributed by atoms with Gasteiger partial charge in [0.15, 0.2) is 0 Å². The predicted molar refractivity (Wildman–Crippen MR) is 74.0 cm³/mol. The second-order valence-corrected chi connectivity index (χ2v) is 5.78. The Bertz CT molecular complexity index is 363. The van der Waals surface area contributed by atoms with Gasteiger partial charge in [0.1, 0.15) is 0 Å². The molecule has 1 fully saturated rings. The average Bonchev–Trinajstić information content (AvgIpc) is 2.41. The molecule has 0 saturated carbocycles. The van der Waals surface area contributed by atoms with Crippen LogP contribution in [0.15, 0.2) is 30.3 Å². The number of carbonyl (C=O) groups excluding carboxylic acids is 1. The average molecular weight is 265 g/mol. The normalized spacial score (nSPS) is 16.4. The van der Waals surface area contributed by atoms with Crippen LogP contribution in [-0.4, -0.2) is 17.4 Å². The smallest absolute Gasteiger partial charge is 0.243 e. The maximum Gasteiger partial charge on any atom is 0.243 e. The Morgan fingerprint density at radius 1 is 1.28 bits per heavy atom. The summed E-state index contributed by atoms with van der Waals surface area (Å²) in [6, 6.07) is 9.83. The van der Waals surface area contributed by atoms with Crippen molar-refractivity contribution in [2.45, 2.75) is 25.9 Å². The topological polar surface area (TPSA) is 38.3 Å². The molecule has 1 aliphatic heterocycles. The van der Waals surface area contributed by atoms with Gasteiger partial charge in [-0.15, -0.1) is 0 Å². The third-order valence-corrected chi connectivity index (χ3v) is 4.13. The second-order valence-electron chi connectivity index (χ2n) is 4.56. The van der Waals surface area contributed by atoms with Crippen LogP contribution in [0, 0.1) is 5.92 Å². The van der Waals surface area contributed by atoms with Gasteiger partial charge in [0.25, 0.3) is 0 Å². The van der Waals surface area contributed by atoms with E-state index in [2.05, 4.69) is 5.48 Å². The van der Waals surface area contributed by atoms with E-state index in [0.717, 1.165) is 18.4 Å². The molecular weight excluding hydrogens is 246 g/mol. The lowest BCUT2D eigenvalue weighted by Gasteiger charge is -2.20. The van der Waals surface area contributed by atoms with Crippen LogP contribution in [0.2, 0.25) is 0 Å². The fourth-order valence-corrected chi connectivity index (χ4v) is 3.23. The highest BCUT2D eigenvalue weighted by molar-refractivity contribution is 7.99. The van der Waals surface area contributed by atoms with Gasteiger partial charge in [-0.3, -0.25) is 9.63 Å². The van der Waals surface area contributed by atoms with Crippen molar-refractivity contribution in [1.29, 1.82) is 0 Å². The van der Waals surface area contributed by atoms with E-state index in [-0.39, 0.29) is 5.91 Å². The highest BCUT2D eigenvalue weighted by Gasteiger charge is 2.17. The first-order valence-electron chi connectivity index (χ1n) is 6.37. The predicted octanol–water partition coefficient (Wildman–Crippen LogP) is 2.77. The second kappa shape index (κ2) is 7.44. The molecule has 1 heterocycles. The van der Waals surface area contributed by atoms with E-state index in [1.807, 2.05) is 42.1 Å². The van der Waals surface area contributed by atoms with Gasteiger partial charge in [-0.2, -0.15) is 11.8 Å². The summed E-state index contributed by atoms with van der Waals surface area (Å²) in [5, 5.41) is 0. The summed E-state index contributed by atoms with van der Waals surface area (Å²) in [5.74, 6) is 2.90. The standard InChI is InChI=1S/C14H19NO2S/c16-14(10-12-6-8-18-9-7-12)15-17-11-13-4-2-1-3-5-13/h1-5,12H,6-11H2,(H,15,16). The van der Waals surface area contributed by atoms with Crippen LogP contribution in [0.1, 0.15) is 24.8 Å². The summed E-state index contributed by atoms with van der Waals surface area (Å²) in [7, 11) is 0. The minimum absolute atomic E-state index is 0.00262. The molecule has 0 aliphatic carbocycles. The third-order valence-electron chi connectivity index (χ3n) is 3.08. The van der Waals surface area contributed by atoms with Crippen molar-refractivity contribution < 1.29 is 9.63 Å². The van der Waals surface area contributed by atoms with Crippen molar-refractivity contribution in [2.24, 2.45) is 5.92 Å². The van der Waals surface area contributed by atoms with Crippen LogP contribution < -0.4 is 5.48 Å². The lowest BCUT2D eigenvalue weighted by Crippen LogP contribution is -2.27. The lowest BCUT2D eigenvalue weighted by atomic mass is 9.99. The van der Waals surface area contributed by atoms with E-state index >= 15 is 0 Å². The zero-order valence-electron chi connectivity index (χ0n) is 10.4. The molecule has 0 atom stereocenters. The zero-order chi connectivity index (χ0) is 12.6. The number of nitrogens with one attached hydrogen (secondary N) is 1. The number of benzene rings is 1. The number of amides is 1. The molecule has 0 aromatic heterocycles. The number of hydrogen-bond donors (Lipinski definition) is 1. The molecule has 1 aromatic rings. The van der Waals surface area contributed by atoms with E-state index in [0.29, 0.717) is 18.9 Å². The zero-order valence-corrected chi connectivity index (χ0v) is 11.2. The molecule has 1 amide bonds. The van der Waals surface area contributed by atoms with E-state index < -0.39 is 0 Å². The Hall–Kier alpha value is -1.00. The number of rotatable bonds is 5. The van der Waals surface area contributed by atoms with E-state index in [9.17, 15) is 4.79 Å². The van der Waals surface area contributed by atoms with Crippen molar-refractivity contribution in [3.63, 3.8) is 0 Å². The van der Waals surface area contributed by atoms with Crippen molar-refractivity contribution in [3.8, 4) is 0 Å². The van der Waals surface area contributed by atoms with Crippen LogP contribution in [0.3, 0.4) is 0 Å². The molecule has 0 spiro atoms. The van der Waals surface area contributed by atoms with E-state index in [1.165, 1.54) is 11.5 Å². The van der Waals surface area contributed by atoms with Gasteiger partial charge in [0.2, 0.25) is 5.91 Å². The Morgan fingerprint density at radius 2 is 2.00 bits per heavy atom. The summed E-state index contributed by atoms with van der Waals surface area (Å²) < 4.78 is 0. The van der Waals surface area contributed by atoms with Crippen LogP contribution in [0.5, 0.6) is 0 Å². The van der Waals surface area contributed by atoms with Crippen molar-refractivity contribution >= 4 is 17.7 Å². The molecule has 2 rings (SSSR count). The minimum atomic E-state index is 0.00262. The van der Waals surface area contributed by atoms with Crippen LogP contribution in [0.25, 0.3) is 0 Å². The highest BCUT2D eigenvalue weighted by atomic mass is 32.2. The summed E-state index contributed by atoms with van der Waals surface area (Å²) in [6.45, 7) is 0.424. The van der Waals surface area contributed by atoms with Gasteiger partial charge >= 0.3 is 0 Å². The van der Waals surface area contributed by atoms with Gasteiger partial charge in [-0.05, 0) is 35.8 Å². The summed E-state index contributed by atoms with van der Waals surface area (Å²) in [5.41, 5.74) is 3.59. The van der Waals surface area contributed by atoms with Crippen molar-refractivity contribution in [1.82, 2.24) is 5.48 Å². The quantitative estimate of drug-likeness (QED) is 0.832. The molecule has 0 unspecified atom stereocenters. The molecule has 0 bridgehead atoms. The molecule has 18 heavy (non-hydrogen) atoms. The fraction of sp³-hybridized carbons (Fsp3) is 0.500. The fourth-order valence-electron chi connectivity index (χ4n) is 2.03. The highest BCUT2D eigenvalue weighted by Crippen LogP contribution is 2.24. The molecule has 0 radical (unpaired) electrons. The first kappa shape index (κ1) is 13.4. The van der Waals surface area contributed by atoms with E-state index in [4.69, 9.17) is 4.84 Å². The third kappa shape index (κ3) is 4.70. The van der Waals surface area contributed by atoms with Gasteiger partial charge in [0.05, 0.1) is 6.61 Å². The van der Waals surface area contributed by atoms with Crippen molar-refractivity contribution in [3.05, 3.63) is 35.9 Å². The molecular formula is C14H19NO2S. The maximum atomic E-state index is 11.7. The summed E-state index contributed by atoms with van der Waals surface area (Å²) >= 11 is 1.98. The Labute approximate surface area is 112 Å². The summed E-state index contributed by atoms with van der Waals surface area (Å²) in [4.78, 5) is 16.9. The van der Waals surface area contributed by atoms with Gasteiger partial charge in [0, 0.05) is 6.42 Å². The van der Waals surface area contributed by atoms with Crippen molar-refractivity contribution in [2.75, 3.05) is 11.5 Å². The number of hydroxylamine groups is 1. The number of hydrogen-bond acceptors (Lipinski definition) is 3.